The number of quaternary nitrogens is 1. The van der Waals surface area contributed by atoms with Crippen LogP contribution in [0.3, 0.4) is 0 Å². The normalized spacial score (nSPS) is 13.7. The predicted octanol–water partition coefficient (Wildman–Crippen LogP) is 15.7. The van der Waals surface area contributed by atoms with Gasteiger partial charge in [-0.15, -0.1) is 0 Å². The summed E-state index contributed by atoms with van der Waals surface area (Å²) in [5.41, 5.74) is 0. The van der Waals surface area contributed by atoms with Crippen LogP contribution in [-0.4, -0.2) is 70.7 Å². The van der Waals surface area contributed by atoms with E-state index in [4.69, 9.17) is 18.5 Å². The van der Waals surface area contributed by atoms with Crippen molar-refractivity contribution in [3.05, 3.63) is 24.3 Å². The molecule has 0 aliphatic heterocycles. The Morgan fingerprint density at radius 1 is 0.500 bits per heavy atom. The SMILES string of the molecule is CCCCC/C=C\C/C=C\CCCCCCCCOCC(COP(=O)([O-])OCC[N+](C)(C)C)OC(=O)CCCCCCCCCCCCCCCCCCCCCCCCCC. The molecule has 0 aliphatic carbocycles. The molecular formula is C53H104NO7P. The standard InChI is InChI=1S/C53H104NO7P/c1-6-8-10-12-14-16-18-20-22-24-25-26-27-28-29-30-31-32-34-36-38-40-42-44-46-53(55)61-52(51-60-62(56,57)59-49-47-54(3,4)5)50-58-48-45-43-41-39-37-35-33-23-21-19-17-15-13-11-9-7-2/h15,17,21,23,52H,6-14,16,18-20,22,24-51H2,1-5H3/b17-15-,23-21-. The minimum absolute atomic E-state index is 0.0261. The average Bonchev–Trinajstić information content (AvgIpc) is 3.23. The molecule has 9 heteroatoms. The summed E-state index contributed by atoms with van der Waals surface area (Å²) in [6.07, 6.45) is 54.9. The highest BCUT2D eigenvalue weighted by atomic mass is 31.2. The van der Waals surface area contributed by atoms with Crippen LogP contribution < -0.4 is 4.89 Å². The van der Waals surface area contributed by atoms with Crippen molar-refractivity contribution in [2.24, 2.45) is 0 Å². The first-order valence-electron chi connectivity index (χ1n) is 26.6. The number of esters is 1. The summed E-state index contributed by atoms with van der Waals surface area (Å²) in [6.45, 7) is 5.41. The van der Waals surface area contributed by atoms with Crippen molar-refractivity contribution in [1.29, 1.82) is 0 Å². The molecule has 2 atom stereocenters. The Bertz CT molecular complexity index is 1050. The average molecular weight is 898 g/mol. The number of nitrogens with zero attached hydrogens (tertiary/aromatic N) is 1. The first-order chi connectivity index (χ1) is 30.1. The zero-order chi connectivity index (χ0) is 45.5. The lowest BCUT2D eigenvalue weighted by atomic mass is 10.0. The van der Waals surface area contributed by atoms with Gasteiger partial charge in [-0.05, 0) is 44.9 Å². The summed E-state index contributed by atoms with van der Waals surface area (Å²) >= 11 is 0. The largest absolute Gasteiger partial charge is 0.756 e. The van der Waals surface area contributed by atoms with E-state index in [1.54, 1.807) is 0 Å². The fraction of sp³-hybridized carbons (Fsp3) is 0.906. The van der Waals surface area contributed by atoms with E-state index in [2.05, 4.69) is 38.2 Å². The third-order valence-corrected chi connectivity index (χ3v) is 12.7. The lowest BCUT2D eigenvalue weighted by Gasteiger charge is -2.28. The summed E-state index contributed by atoms with van der Waals surface area (Å²) in [6, 6.07) is 0. The van der Waals surface area contributed by atoms with Gasteiger partial charge in [0.25, 0.3) is 7.82 Å². The number of ether oxygens (including phenoxy) is 2. The third-order valence-electron chi connectivity index (χ3n) is 11.8. The van der Waals surface area contributed by atoms with E-state index in [0.717, 1.165) is 44.9 Å². The van der Waals surface area contributed by atoms with Gasteiger partial charge in [-0.25, -0.2) is 0 Å². The number of unbranched alkanes of at least 4 members (excludes halogenated alkanes) is 32. The molecule has 0 rings (SSSR count). The molecule has 0 heterocycles. The number of hydrogen-bond acceptors (Lipinski definition) is 7. The molecule has 0 radical (unpaired) electrons. The lowest BCUT2D eigenvalue weighted by molar-refractivity contribution is -0.870. The minimum atomic E-state index is -4.53. The molecule has 368 valence electrons. The number of carbonyl (C=O) groups is 1. The molecule has 0 saturated heterocycles. The van der Waals surface area contributed by atoms with Crippen LogP contribution in [0, 0.1) is 0 Å². The minimum Gasteiger partial charge on any atom is -0.756 e. The molecule has 0 aromatic carbocycles. The lowest BCUT2D eigenvalue weighted by Crippen LogP contribution is -2.37. The number of carbonyl (C=O) groups excluding carboxylic acids is 1. The van der Waals surface area contributed by atoms with Crippen LogP contribution in [0.15, 0.2) is 24.3 Å². The van der Waals surface area contributed by atoms with E-state index in [0.29, 0.717) is 24.1 Å². The highest BCUT2D eigenvalue weighted by Gasteiger charge is 2.20. The van der Waals surface area contributed by atoms with Gasteiger partial charge in [0.05, 0.1) is 34.4 Å². The molecule has 0 aliphatic rings. The summed E-state index contributed by atoms with van der Waals surface area (Å²) in [4.78, 5) is 25.2. The second kappa shape index (κ2) is 46.5. The molecule has 62 heavy (non-hydrogen) atoms. The molecule has 0 bridgehead atoms. The van der Waals surface area contributed by atoms with E-state index in [1.807, 2.05) is 21.1 Å². The van der Waals surface area contributed by atoms with Crippen molar-refractivity contribution in [2.45, 2.75) is 258 Å². The Morgan fingerprint density at radius 2 is 0.887 bits per heavy atom. The van der Waals surface area contributed by atoms with Gasteiger partial charge in [-0.1, -0.05) is 224 Å². The Labute approximate surface area is 385 Å². The maximum Gasteiger partial charge on any atom is 0.306 e. The van der Waals surface area contributed by atoms with Crippen LogP contribution in [0.25, 0.3) is 0 Å². The summed E-state index contributed by atoms with van der Waals surface area (Å²) < 4.78 is 34.7. The molecule has 0 aromatic heterocycles. The number of likely N-dealkylation sites (N-methyl/N-ethyl adjacent to an activating group) is 1. The van der Waals surface area contributed by atoms with Crippen LogP contribution >= 0.6 is 7.82 Å². The molecule has 0 aromatic rings. The molecule has 0 N–H and O–H groups in total. The molecule has 0 spiro atoms. The quantitative estimate of drug-likeness (QED) is 0.0197. The van der Waals surface area contributed by atoms with E-state index < -0.39 is 13.9 Å². The van der Waals surface area contributed by atoms with Gasteiger partial charge in [0.15, 0.2) is 0 Å². The van der Waals surface area contributed by atoms with Crippen LogP contribution in [0.5, 0.6) is 0 Å². The Morgan fingerprint density at radius 3 is 1.34 bits per heavy atom. The smallest absolute Gasteiger partial charge is 0.306 e. The second-order valence-corrected chi connectivity index (χ2v) is 20.7. The van der Waals surface area contributed by atoms with Crippen LogP contribution in [0.2, 0.25) is 0 Å². The van der Waals surface area contributed by atoms with E-state index >= 15 is 0 Å². The van der Waals surface area contributed by atoms with Crippen LogP contribution in [0.4, 0.5) is 0 Å². The Balaban J connectivity index is 4.06. The maximum atomic E-state index is 12.8. The number of phosphoric ester groups is 1. The molecule has 8 nitrogen and oxygen atoms in total. The van der Waals surface area contributed by atoms with E-state index in [1.165, 1.54) is 186 Å². The van der Waals surface area contributed by atoms with Gasteiger partial charge in [0.2, 0.25) is 0 Å². The second-order valence-electron chi connectivity index (χ2n) is 19.2. The monoisotopic (exact) mass is 898 g/mol. The van der Waals surface area contributed by atoms with Gasteiger partial charge < -0.3 is 27.9 Å². The highest BCUT2D eigenvalue weighted by Crippen LogP contribution is 2.38. The van der Waals surface area contributed by atoms with Crippen LogP contribution in [-0.2, 0) is 27.9 Å². The number of hydrogen-bond donors (Lipinski definition) is 0. The Hall–Kier alpha value is -1.02. The molecule has 0 fully saturated rings. The Kier molecular flexibility index (Phi) is 45.7. The highest BCUT2D eigenvalue weighted by molar-refractivity contribution is 7.45. The van der Waals surface area contributed by atoms with Crippen molar-refractivity contribution in [1.82, 2.24) is 0 Å². The van der Waals surface area contributed by atoms with Gasteiger partial charge in [0, 0.05) is 13.0 Å². The van der Waals surface area contributed by atoms with Gasteiger partial charge >= 0.3 is 5.97 Å². The number of allylic oxidation sites excluding steroid dienone is 4. The summed E-state index contributed by atoms with van der Waals surface area (Å²) in [5, 5.41) is 0. The van der Waals surface area contributed by atoms with Crippen molar-refractivity contribution in [3.63, 3.8) is 0 Å². The molecule has 0 amide bonds. The predicted molar refractivity (Wildman–Crippen MR) is 264 cm³/mol. The van der Waals surface area contributed by atoms with Gasteiger partial charge in [-0.2, -0.15) is 0 Å². The summed E-state index contributed by atoms with van der Waals surface area (Å²) in [5.74, 6) is -0.332. The zero-order valence-electron chi connectivity index (χ0n) is 41.8. The van der Waals surface area contributed by atoms with E-state index in [9.17, 15) is 14.3 Å². The molecular weight excluding hydrogens is 794 g/mol. The van der Waals surface area contributed by atoms with Crippen molar-refractivity contribution < 1.29 is 37.3 Å². The van der Waals surface area contributed by atoms with Crippen molar-refractivity contribution in [2.75, 3.05) is 54.1 Å². The van der Waals surface area contributed by atoms with E-state index in [-0.39, 0.29) is 25.8 Å². The molecule has 0 saturated carbocycles. The van der Waals surface area contributed by atoms with Crippen LogP contribution in [0.1, 0.15) is 251 Å². The number of rotatable bonds is 50. The van der Waals surface area contributed by atoms with Crippen molar-refractivity contribution in [3.8, 4) is 0 Å². The first kappa shape index (κ1) is 61.0. The summed E-state index contributed by atoms with van der Waals surface area (Å²) in [7, 11) is 1.36. The maximum absolute atomic E-state index is 12.8. The topological polar surface area (TPSA) is 94.1 Å². The van der Waals surface area contributed by atoms with Gasteiger partial charge in [-0.3, -0.25) is 9.36 Å². The van der Waals surface area contributed by atoms with Crippen molar-refractivity contribution >= 4 is 13.8 Å². The fourth-order valence-corrected chi connectivity index (χ4v) is 8.37. The first-order valence-corrected chi connectivity index (χ1v) is 28.0. The third kappa shape index (κ3) is 50.0. The van der Waals surface area contributed by atoms with Gasteiger partial charge in [0.1, 0.15) is 19.3 Å². The number of phosphoric acid groups is 1. The fourth-order valence-electron chi connectivity index (χ4n) is 7.64. The molecule has 2 unspecified atom stereocenters. The zero-order valence-corrected chi connectivity index (χ0v) is 42.7.